The van der Waals surface area contributed by atoms with E-state index < -0.39 is 0 Å². The lowest BCUT2D eigenvalue weighted by molar-refractivity contribution is 1.50. The molecule has 0 saturated heterocycles. The maximum atomic E-state index is 2.27. The molecular weight excluding hydrogens is 216 g/mol. The normalized spacial score (nSPS) is 12.8. The molecule has 0 spiro atoms. The Kier molecular flexibility index (Phi) is 1.92. The largest absolute Gasteiger partial charge is 0.0616 e. The van der Waals surface area contributed by atoms with Crippen molar-refractivity contribution >= 4 is 22.4 Å². The fraction of sp³-hybridized carbons (Fsp3) is 0. The van der Waals surface area contributed by atoms with Gasteiger partial charge in [0.15, 0.2) is 0 Å². The summed E-state index contributed by atoms with van der Waals surface area (Å²) in [5, 5.41) is 2.64. The summed E-state index contributed by atoms with van der Waals surface area (Å²) >= 11 is 0. The van der Waals surface area contributed by atoms with E-state index in [2.05, 4.69) is 72.8 Å². The van der Waals surface area contributed by atoms with Crippen LogP contribution in [-0.2, 0) is 0 Å². The molecule has 0 aliphatic heterocycles. The van der Waals surface area contributed by atoms with E-state index in [-0.39, 0.29) is 0 Å². The van der Waals surface area contributed by atoms with E-state index >= 15 is 0 Å². The van der Waals surface area contributed by atoms with Gasteiger partial charge in [-0.3, -0.25) is 0 Å². The molecular formula is C18H12. The molecule has 0 amide bonds. The molecule has 1 aliphatic rings. The molecule has 18 heavy (non-hydrogen) atoms. The fourth-order valence-corrected chi connectivity index (χ4v) is 2.71. The van der Waals surface area contributed by atoms with Gasteiger partial charge in [0.1, 0.15) is 0 Å². The van der Waals surface area contributed by atoms with Gasteiger partial charge in [0, 0.05) is 0 Å². The zero-order valence-corrected chi connectivity index (χ0v) is 9.93. The predicted octanol–water partition coefficient (Wildman–Crippen LogP) is 4.74. The van der Waals surface area contributed by atoms with E-state index in [1.165, 1.54) is 33.0 Å². The molecule has 0 N–H and O–H groups in total. The van der Waals surface area contributed by atoms with Crippen molar-refractivity contribution in [2.75, 3.05) is 0 Å². The highest BCUT2D eigenvalue weighted by molar-refractivity contribution is 6.09. The standard InChI is InChI=1S/C18H12/c1-3-9-15-13(6-1)8-5-11-17(15)18-12-14-7-2-4-10-16(14)18/h1-12H. The molecule has 0 aromatic heterocycles. The quantitative estimate of drug-likeness (QED) is 0.441. The SMILES string of the molecule is C1=C(c2cccc3ccccc23)c2ccccc21. The van der Waals surface area contributed by atoms with Gasteiger partial charge in [-0.2, -0.15) is 0 Å². The molecule has 0 nitrogen and oxygen atoms in total. The Morgan fingerprint density at radius 2 is 1.28 bits per heavy atom. The van der Waals surface area contributed by atoms with Gasteiger partial charge in [0.05, 0.1) is 0 Å². The van der Waals surface area contributed by atoms with E-state index in [0.717, 1.165) is 0 Å². The molecule has 0 atom stereocenters. The maximum Gasteiger partial charge on any atom is -0.00930 e. The Hall–Kier alpha value is -2.34. The summed E-state index contributed by atoms with van der Waals surface area (Å²) in [6, 6.07) is 23.7. The highest BCUT2D eigenvalue weighted by Gasteiger charge is 2.18. The van der Waals surface area contributed by atoms with Crippen molar-refractivity contribution in [1.82, 2.24) is 0 Å². The first-order valence-electron chi connectivity index (χ1n) is 6.23. The number of benzene rings is 3. The number of fused-ring (bicyclic) bond motifs is 2. The number of rotatable bonds is 1. The summed E-state index contributed by atoms with van der Waals surface area (Å²) in [6.45, 7) is 0. The Bertz CT molecular complexity index is 773. The molecule has 0 fully saturated rings. The highest BCUT2D eigenvalue weighted by atomic mass is 14.2. The van der Waals surface area contributed by atoms with Gasteiger partial charge in [-0.05, 0) is 39.1 Å². The topological polar surface area (TPSA) is 0 Å². The van der Waals surface area contributed by atoms with Gasteiger partial charge < -0.3 is 0 Å². The van der Waals surface area contributed by atoms with Crippen LogP contribution in [0.1, 0.15) is 16.7 Å². The fourth-order valence-electron chi connectivity index (χ4n) is 2.71. The predicted molar refractivity (Wildman–Crippen MR) is 77.4 cm³/mol. The van der Waals surface area contributed by atoms with Gasteiger partial charge in [0.2, 0.25) is 0 Å². The zero-order chi connectivity index (χ0) is 11.9. The second-order valence-corrected chi connectivity index (χ2v) is 4.67. The third-order valence-electron chi connectivity index (χ3n) is 3.63. The molecule has 84 valence electrons. The van der Waals surface area contributed by atoms with Crippen LogP contribution >= 0.6 is 0 Å². The van der Waals surface area contributed by atoms with Crippen LogP contribution in [0.25, 0.3) is 22.4 Å². The molecule has 3 aromatic rings. The van der Waals surface area contributed by atoms with E-state index in [4.69, 9.17) is 0 Å². The molecule has 0 heteroatoms. The monoisotopic (exact) mass is 228 g/mol. The minimum absolute atomic E-state index is 1.31. The van der Waals surface area contributed by atoms with E-state index in [9.17, 15) is 0 Å². The van der Waals surface area contributed by atoms with Gasteiger partial charge in [-0.15, -0.1) is 0 Å². The van der Waals surface area contributed by atoms with Crippen molar-refractivity contribution in [3.05, 3.63) is 83.4 Å². The van der Waals surface area contributed by atoms with Crippen LogP contribution in [0, 0.1) is 0 Å². The maximum absolute atomic E-state index is 2.27. The lowest BCUT2D eigenvalue weighted by atomic mass is 9.82. The Morgan fingerprint density at radius 3 is 2.22 bits per heavy atom. The molecule has 0 heterocycles. The Morgan fingerprint density at radius 1 is 0.556 bits per heavy atom. The van der Waals surface area contributed by atoms with Crippen LogP contribution in [-0.4, -0.2) is 0 Å². The van der Waals surface area contributed by atoms with Crippen LogP contribution in [0.15, 0.2) is 66.7 Å². The second kappa shape index (κ2) is 3.58. The zero-order valence-electron chi connectivity index (χ0n) is 9.93. The summed E-state index contributed by atoms with van der Waals surface area (Å²) < 4.78 is 0. The average molecular weight is 228 g/mol. The number of hydrogen-bond acceptors (Lipinski definition) is 0. The molecule has 0 radical (unpaired) electrons. The van der Waals surface area contributed by atoms with Crippen LogP contribution in [0.2, 0.25) is 0 Å². The summed E-state index contributed by atoms with van der Waals surface area (Å²) in [5.41, 5.74) is 5.42. The lowest BCUT2D eigenvalue weighted by Crippen LogP contribution is -2.00. The minimum Gasteiger partial charge on any atom is -0.0616 e. The Labute approximate surface area is 106 Å². The van der Waals surface area contributed by atoms with Gasteiger partial charge in [-0.25, -0.2) is 0 Å². The van der Waals surface area contributed by atoms with Crippen LogP contribution < -0.4 is 0 Å². The van der Waals surface area contributed by atoms with Gasteiger partial charge >= 0.3 is 0 Å². The van der Waals surface area contributed by atoms with E-state index in [1.54, 1.807) is 0 Å². The molecule has 0 bridgehead atoms. The van der Waals surface area contributed by atoms with E-state index in [1.807, 2.05) is 0 Å². The third-order valence-corrected chi connectivity index (χ3v) is 3.63. The summed E-state index contributed by atoms with van der Waals surface area (Å²) in [4.78, 5) is 0. The first-order chi connectivity index (χ1) is 8.93. The first-order valence-corrected chi connectivity index (χ1v) is 6.23. The van der Waals surface area contributed by atoms with E-state index in [0.29, 0.717) is 0 Å². The van der Waals surface area contributed by atoms with Crippen LogP contribution in [0.5, 0.6) is 0 Å². The summed E-state index contributed by atoms with van der Waals surface area (Å²) in [6.07, 6.45) is 2.27. The molecule has 0 saturated carbocycles. The smallest absolute Gasteiger partial charge is 0.00930 e. The third kappa shape index (κ3) is 1.26. The molecule has 0 unspecified atom stereocenters. The van der Waals surface area contributed by atoms with Gasteiger partial charge in [0.25, 0.3) is 0 Å². The minimum atomic E-state index is 1.31. The molecule has 1 aliphatic carbocycles. The van der Waals surface area contributed by atoms with Crippen molar-refractivity contribution < 1.29 is 0 Å². The van der Waals surface area contributed by atoms with Crippen molar-refractivity contribution in [1.29, 1.82) is 0 Å². The number of hydrogen-bond donors (Lipinski definition) is 0. The second-order valence-electron chi connectivity index (χ2n) is 4.67. The first kappa shape index (κ1) is 9.67. The lowest BCUT2D eigenvalue weighted by Gasteiger charge is -2.21. The van der Waals surface area contributed by atoms with Crippen molar-refractivity contribution in [2.24, 2.45) is 0 Å². The Balaban J connectivity index is 1.96. The van der Waals surface area contributed by atoms with Crippen LogP contribution in [0.3, 0.4) is 0 Å². The molecule has 4 rings (SSSR count). The van der Waals surface area contributed by atoms with Crippen molar-refractivity contribution in [3.8, 4) is 0 Å². The van der Waals surface area contributed by atoms with Crippen molar-refractivity contribution in [3.63, 3.8) is 0 Å². The summed E-state index contributed by atoms with van der Waals surface area (Å²) in [5.74, 6) is 0. The highest BCUT2D eigenvalue weighted by Crippen LogP contribution is 2.39. The summed E-state index contributed by atoms with van der Waals surface area (Å²) in [7, 11) is 0. The molecule has 3 aromatic carbocycles. The average Bonchev–Trinajstić information content (AvgIpc) is 2.40. The van der Waals surface area contributed by atoms with Crippen molar-refractivity contribution in [2.45, 2.75) is 0 Å². The van der Waals surface area contributed by atoms with Crippen LogP contribution in [0.4, 0.5) is 0 Å². The van der Waals surface area contributed by atoms with Gasteiger partial charge in [-0.1, -0.05) is 66.7 Å².